The number of thioether (sulfide) groups is 1. The first-order chi connectivity index (χ1) is 15.5. The molecule has 0 radical (unpaired) electrons. The van der Waals surface area contributed by atoms with Crippen LogP contribution in [0, 0.1) is 20.8 Å². The summed E-state index contributed by atoms with van der Waals surface area (Å²) in [5, 5.41) is 12.8. The molecule has 0 unspecified atom stereocenters. The van der Waals surface area contributed by atoms with Gasteiger partial charge >= 0.3 is 0 Å². The lowest BCUT2D eigenvalue weighted by atomic mass is 10.1. The molecule has 2 heterocycles. The van der Waals surface area contributed by atoms with Gasteiger partial charge in [-0.2, -0.15) is 0 Å². The summed E-state index contributed by atoms with van der Waals surface area (Å²) in [6, 6.07) is 14.3. The van der Waals surface area contributed by atoms with Gasteiger partial charge in [-0.3, -0.25) is 14.3 Å². The molecule has 0 spiro atoms. The third-order valence-electron chi connectivity index (χ3n) is 5.80. The Morgan fingerprint density at radius 3 is 2.38 bits per heavy atom. The summed E-state index contributed by atoms with van der Waals surface area (Å²) in [5.41, 5.74) is 5.29. The number of anilines is 1. The van der Waals surface area contributed by atoms with Crippen molar-refractivity contribution in [2.75, 3.05) is 24.2 Å². The number of benzene rings is 2. The van der Waals surface area contributed by atoms with E-state index in [2.05, 4.69) is 56.2 Å². The molecule has 0 atom stereocenters. The van der Waals surface area contributed by atoms with E-state index in [4.69, 9.17) is 0 Å². The lowest BCUT2D eigenvalue weighted by Crippen LogP contribution is -2.30. The lowest BCUT2D eigenvalue weighted by Gasteiger charge is -2.26. The van der Waals surface area contributed by atoms with Crippen LogP contribution in [0.1, 0.15) is 41.8 Å². The summed E-state index contributed by atoms with van der Waals surface area (Å²) in [7, 11) is 0. The van der Waals surface area contributed by atoms with Crippen molar-refractivity contribution in [1.29, 1.82) is 0 Å². The molecule has 1 saturated heterocycles. The van der Waals surface area contributed by atoms with E-state index in [1.165, 1.54) is 36.6 Å². The maximum Gasteiger partial charge on any atom is 0.234 e. The highest BCUT2D eigenvalue weighted by Crippen LogP contribution is 2.25. The molecule has 0 bridgehead atoms. The molecule has 2 aromatic carbocycles. The molecule has 0 saturated carbocycles. The molecule has 1 aliphatic heterocycles. The molecular weight excluding hydrogens is 418 g/mol. The zero-order chi connectivity index (χ0) is 22.5. The van der Waals surface area contributed by atoms with Crippen molar-refractivity contribution in [2.45, 2.75) is 51.7 Å². The number of rotatable bonds is 7. The third-order valence-corrected chi connectivity index (χ3v) is 6.73. The number of aromatic nitrogens is 3. The average molecular weight is 450 g/mol. The molecule has 168 valence electrons. The number of para-hydroxylation sites is 1. The second-order valence-corrected chi connectivity index (χ2v) is 9.46. The Hall–Kier alpha value is -2.64. The smallest absolute Gasteiger partial charge is 0.234 e. The van der Waals surface area contributed by atoms with Gasteiger partial charge in [0.25, 0.3) is 0 Å². The Morgan fingerprint density at radius 2 is 1.69 bits per heavy atom. The van der Waals surface area contributed by atoms with Crippen LogP contribution in [0.3, 0.4) is 0 Å². The number of aryl methyl sites for hydroxylation is 3. The molecule has 3 aromatic rings. The van der Waals surface area contributed by atoms with Crippen LogP contribution in [0.4, 0.5) is 5.69 Å². The summed E-state index contributed by atoms with van der Waals surface area (Å²) in [6.45, 7) is 9.10. The standard InChI is InChI=1S/C25H31N5OS/c1-18-14-19(2)24(20(3)15-18)26-23(31)17-32-25-28-27-22(16-29-12-8-5-9-13-29)30(25)21-10-6-4-7-11-21/h4,6-7,10-11,14-15H,5,8-9,12-13,16-17H2,1-3H3,(H,26,31). The minimum absolute atomic E-state index is 0.0368. The van der Waals surface area contributed by atoms with Crippen LogP contribution < -0.4 is 5.32 Å². The molecule has 32 heavy (non-hydrogen) atoms. The van der Waals surface area contributed by atoms with Gasteiger partial charge in [-0.05, 0) is 70.0 Å². The predicted octanol–water partition coefficient (Wildman–Crippen LogP) is 4.91. The molecular formula is C25H31N5OS. The van der Waals surface area contributed by atoms with Crippen LogP contribution in [-0.4, -0.2) is 44.4 Å². The van der Waals surface area contributed by atoms with E-state index in [0.717, 1.165) is 53.1 Å². The van der Waals surface area contributed by atoms with Gasteiger partial charge in [0, 0.05) is 11.4 Å². The van der Waals surface area contributed by atoms with Crippen molar-refractivity contribution in [3.8, 4) is 5.69 Å². The van der Waals surface area contributed by atoms with Crippen LogP contribution in [0.2, 0.25) is 0 Å². The van der Waals surface area contributed by atoms with Crippen molar-refractivity contribution < 1.29 is 4.79 Å². The zero-order valence-corrected chi connectivity index (χ0v) is 19.9. The van der Waals surface area contributed by atoms with E-state index in [0.29, 0.717) is 0 Å². The van der Waals surface area contributed by atoms with E-state index < -0.39 is 0 Å². The first kappa shape index (κ1) is 22.6. The number of hydrogen-bond acceptors (Lipinski definition) is 5. The fourth-order valence-corrected chi connectivity index (χ4v) is 5.10. The largest absolute Gasteiger partial charge is 0.325 e. The summed E-state index contributed by atoms with van der Waals surface area (Å²) in [6.07, 6.45) is 3.77. The Labute approximate surface area is 194 Å². The highest BCUT2D eigenvalue weighted by atomic mass is 32.2. The molecule has 6 nitrogen and oxygen atoms in total. The van der Waals surface area contributed by atoms with Crippen molar-refractivity contribution in [2.24, 2.45) is 0 Å². The van der Waals surface area contributed by atoms with E-state index in [1.807, 2.05) is 32.0 Å². The van der Waals surface area contributed by atoms with Crippen LogP contribution in [-0.2, 0) is 11.3 Å². The molecule has 1 aromatic heterocycles. The monoisotopic (exact) mass is 449 g/mol. The minimum atomic E-state index is -0.0368. The maximum absolute atomic E-state index is 12.7. The number of nitrogens with one attached hydrogen (secondary N) is 1. The van der Waals surface area contributed by atoms with Crippen LogP contribution >= 0.6 is 11.8 Å². The number of carbonyl (C=O) groups is 1. The molecule has 1 amide bonds. The number of nitrogens with zero attached hydrogens (tertiary/aromatic N) is 4. The number of piperidine rings is 1. The van der Waals surface area contributed by atoms with Gasteiger partial charge in [-0.15, -0.1) is 10.2 Å². The van der Waals surface area contributed by atoms with Crippen LogP contribution in [0.5, 0.6) is 0 Å². The normalized spacial score (nSPS) is 14.5. The molecule has 4 rings (SSSR count). The molecule has 0 aliphatic carbocycles. The Bertz CT molecular complexity index is 1050. The van der Waals surface area contributed by atoms with Crippen LogP contribution in [0.25, 0.3) is 5.69 Å². The van der Waals surface area contributed by atoms with Crippen molar-refractivity contribution >= 4 is 23.4 Å². The highest BCUT2D eigenvalue weighted by molar-refractivity contribution is 7.99. The topological polar surface area (TPSA) is 63.1 Å². The summed E-state index contributed by atoms with van der Waals surface area (Å²) in [4.78, 5) is 15.2. The maximum atomic E-state index is 12.7. The SMILES string of the molecule is Cc1cc(C)c(NC(=O)CSc2nnc(CN3CCCCC3)n2-c2ccccc2)c(C)c1. The summed E-state index contributed by atoms with van der Waals surface area (Å²) >= 11 is 1.43. The summed E-state index contributed by atoms with van der Waals surface area (Å²) in [5.74, 6) is 1.16. The average Bonchev–Trinajstić information content (AvgIpc) is 3.18. The summed E-state index contributed by atoms with van der Waals surface area (Å²) < 4.78 is 2.09. The van der Waals surface area contributed by atoms with Crippen molar-refractivity contribution in [1.82, 2.24) is 19.7 Å². The van der Waals surface area contributed by atoms with Crippen LogP contribution in [0.15, 0.2) is 47.6 Å². The first-order valence-electron chi connectivity index (χ1n) is 11.2. The second-order valence-electron chi connectivity index (χ2n) is 8.52. The predicted molar refractivity (Wildman–Crippen MR) is 130 cm³/mol. The number of hydrogen-bond donors (Lipinski definition) is 1. The van der Waals surface area contributed by atoms with Gasteiger partial charge in [0.2, 0.25) is 5.91 Å². The second kappa shape index (κ2) is 10.3. The molecule has 1 aliphatic rings. The number of carbonyl (C=O) groups excluding carboxylic acids is 1. The van der Waals surface area contributed by atoms with E-state index >= 15 is 0 Å². The fraction of sp³-hybridized carbons (Fsp3) is 0.400. The minimum Gasteiger partial charge on any atom is -0.325 e. The number of amides is 1. The Kier molecular flexibility index (Phi) is 7.27. The highest BCUT2D eigenvalue weighted by Gasteiger charge is 2.19. The van der Waals surface area contributed by atoms with Gasteiger partial charge in [-0.25, -0.2) is 0 Å². The van der Waals surface area contributed by atoms with Gasteiger partial charge in [-0.1, -0.05) is 54.1 Å². The van der Waals surface area contributed by atoms with E-state index in [-0.39, 0.29) is 11.7 Å². The Morgan fingerprint density at radius 1 is 1.00 bits per heavy atom. The zero-order valence-electron chi connectivity index (χ0n) is 19.1. The Balaban J connectivity index is 1.50. The van der Waals surface area contributed by atoms with Gasteiger partial charge in [0.1, 0.15) is 0 Å². The molecule has 1 fully saturated rings. The van der Waals surface area contributed by atoms with E-state index in [1.54, 1.807) is 0 Å². The van der Waals surface area contributed by atoms with Crippen molar-refractivity contribution in [3.05, 3.63) is 65.0 Å². The molecule has 1 N–H and O–H groups in total. The van der Waals surface area contributed by atoms with Gasteiger partial charge < -0.3 is 5.32 Å². The third kappa shape index (κ3) is 5.40. The van der Waals surface area contributed by atoms with Gasteiger partial charge in [0.15, 0.2) is 11.0 Å². The lowest BCUT2D eigenvalue weighted by molar-refractivity contribution is -0.113. The van der Waals surface area contributed by atoms with Gasteiger partial charge in [0.05, 0.1) is 12.3 Å². The first-order valence-corrected chi connectivity index (χ1v) is 12.2. The number of likely N-dealkylation sites (tertiary alicyclic amines) is 1. The van der Waals surface area contributed by atoms with E-state index in [9.17, 15) is 4.79 Å². The molecule has 7 heteroatoms. The fourth-order valence-electron chi connectivity index (χ4n) is 4.33. The van der Waals surface area contributed by atoms with Crippen molar-refractivity contribution in [3.63, 3.8) is 0 Å². The quantitative estimate of drug-likeness (QED) is 0.519.